The molecule has 0 atom stereocenters. The van der Waals surface area contributed by atoms with Crippen molar-refractivity contribution in [3.05, 3.63) is 23.8 Å². The summed E-state index contributed by atoms with van der Waals surface area (Å²) in [5.74, 6) is 1.35. The van der Waals surface area contributed by atoms with Gasteiger partial charge in [-0.2, -0.15) is 0 Å². The number of hydrogen-bond donors (Lipinski definition) is 1. The molecular formula is C13H20O3. The van der Waals surface area contributed by atoms with Crippen LogP contribution in [0.15, 0.2) is 18.2 Å². The fourth-order valence-corrected chi connectivity index (χ4v) is 1.57. The molecule has 0 aliphatic carbocycles. The van der Waals surface area contributed by atoms with Crippen molar-refractivity contribution < 1.29 is 14.6 Å². The highest BCUT2D eigenvalue weighted by Gasteiger charge is 2.08. The second-order valence-electron chi connectivity index (χ2n) is 3.66. The van der Waals surface area contributed by atoms with E-state index in [2.05, 4.69) is 6.92 Å². The molecule has 0 bridgehead atoms. The van der Waals surface area contributed by atoms with E-state index in [9.17, 15) is 0 Å². The number of ether oxygens (including phenoxy) is 2. The van der Waals surface area contributed by atoms with Crippen molar-refractivity contribution in [3.8, 4) is 11.5 Å². The van der Waals surface area contributed by atoms with Crippen molar-refractivity contribution in [3.63, 3.8) is 0 Å². The van der Waals surface area contributed by atoms with Crippen molar-refractivity contribution in [1.82, 2.24) is 0 Å². The van der Waals surface area contributed by atoms with Crippen LogP contribution in [0.2, 0.25) is 0 Å². The summed E-state index contributed by atoms with van der Waals surface area (Å²) in [4.78, 5) is 0. The summed E-state index contributed by atoms with van der Waals surface area (Å²) in [6.45, 7) is 2.82. The third-order valence-corrected chi connectivity index (χ3v) is 2.44. The minimum atomic E-state index is -0.0324. The normalized spacial score (nSPS) is 10.2. The van der Waals surface area contributed by atoms with Crippen LogP contribution in [0.5, 0.6) is 11.5 Å². The lowest BCUT2D eigenvalue weighted by Crippen LogP contribution is -2.01. The van der Waals surface area contributed by atoms with Gasteiger partial charge in [-0.3, -0.25) is 0 Å². The quantitative estimate of drug-likeness (QED) is 0.724. The van der Waals surface area contributed by atoms with Crippen LogP contribution >= 0.6 is 0 Å². The van der Waals surface area contributed by atoms with E-state index in [1.54, 1.807) is 7.11 Å². The predicted molar refractivity (Wildman–Crippen MR) is 63.9 cm³/mol. The van der Waals surface area contributed by atoms with Crippen molar-refractivity contribution in [2.75, 3.05) is 13.7 Å². The highest BCUT2D eigenvalue weighted by molar-refractivity contribution is 5.46. The van der Waals surface area contributed by atoms with E-state index in [-0.39, 0.29) is 6.61 Å². The van der Waals surface area contributed by atoms with E-state index < -0.39 is 0 Å². The Labute approximate surface area is 97.0 Å². The largest absolute Gasteiger partial charge is 0.492 e. The fourth-order valence-electron chi connectivity index (χ4n) is 1.57. The smallest absolute Gasteiger partial charge is 0.166 e. The molecule has 16 heavy (non-hydrogen) atoms. The number of rotatable bonds is 7. The number of para-hydroxylation sites is 1. The standard InChI is InChI=1S/C13H20O3/c1-3-4-5-9-16-12-8-6-7-11(10-14)13(12)15-2/h6-8,14H,3-5,9-10H2,1-2H3. The molecule has 0 heterocycles. The van der Waals surface area contributed by atoms with Gasteiger partial charge in [0.25, 0.3) is 0 Å². The highest BCUT2D eigenvalue weighted by Crippen LogP contribution is 2.31. The first-order valence-corrected chi connectivity index (χ1v) is 5.73. The van der Waals surface area contributed by atoms with Crippen LogP contribution in [0.25, 0.3) is 0 Å². The Balaban J connectivity index is 2.63. The van der Waals surface area contributed by atoms with E-state index in [1.807, 2.05) is 18.2 Å². The molecule has 0 radical (unpaired) electrons. The molecule has 0 fully saturated rings. The Morgan fingerprint density at radius 2 is 2.06 bits per heavy atom. The molecule has 1 aromatic rings. The summed E-state index contributed by atoms with van der Waals surface area (Å²) >= 11 is 0. The van der Waals surface area contributed by atoms with Crippen molar-refractivity contribution in [2.45, 2.75) is 32.8 Å². The zero-order valence-electron chi connectivity index (χ0n) is 10.0. The maximum absolute atomic E-state index is 9.15. The van der Waals surface area contributed by atoms with E-state index in [4.69, 9.17) is 14.6 Å². The van der Waals surface area contributed by atoms with Gasteiger partial charge in [0, 0.05) is 5.56 Å². The third-order valence-electron chi connectivity index (χ3n) is 2.44. The Kier molecular flexibility index (Phi) is 5.72. The predicted octanol–water partition coefficient (Wildman–Crippen LogP) is 2.76. The Morgan fingerprint density at radius 3 is 2.69 bits per heavy atom. The van der Waals surface area contributed by atoms with Gasteiger partial charge in [-0.25, -0.2) is 0 Å². The van der Waals surface area contributed by atoms with E-state index >= 15 is 0 Å². The van der Waals surface area contributed by atoms with Gasteiger partial charge in [0.05, 0.1) is 20.3 Å². The molecule has 0 aromatic heterocycles. The third kappa shape index (κ3) is 3.42. The Hall–Kier alpha value is -1.22. The van der Waals surface area contributed by atoms with Crippen LogP contribution in [-0.2, 0) is 6.61 Å². The summed E-state index contributed by atoms with van der Waals surface area (Å²) in [6, 6.07) is 5.56. The van der Waals surface area contributed by atoms with Crippen molar-refractivity contribution in [2.24, 2.45) is 0 Å². The van der Waals surface area contributed by atoms with Crippen LogP contribution in [0.4, 0.5) is 0 Å². The SMILES string of the molecule is CCCCCOc1cccc(CO)c1OC. The Bertz CT molecular complexity index is 310. The van der Waals surface area contributed by atoms with Gasteiger partial charge >= 0.3 is 0 Å². The number of methoxy groups -OCH3 is 1. The zero-order chi connectivity index (χ0) is 11.8. The molecule has 1 rings (SSSR count). The van der Waals surface area contributed by atoms with Gasteiger partial charge in [0.2, 0.25) is 0 Å². The molecule has 3 heteroatoms. The zero-order valence-corrected chi connectivity index (χ0v) is 10.0. The van der Waals surface area contributed by atoms with Gasteiger partial charge in [-0.15, -0.1) is 0 Å². The second kappa shape index (κ2) is 7.12. The first-order valence-electron chi connectivity index (χ1n) is 5.73. The number of unbranched alkanes of at least 4 members (excludes halogenated alkanes) is 2. The summed E-state index contributed by atoms with van der Waals surface area (Å²) in [6.07, 6.45) is 3.39. The molecule has 0 amide bonds. The van der Waals surface area contributed by atoms with Crippen LogP contribution in [-0.4, -0.2) is 18.8 Å². The molecule has 0 saturated heterocycles. The van der Waals surface area contributed by atoms with E-state index in [0.29, 0.717) is 18.1 Å². The maximum Gasteiger partial charge on any atom is 0.166 e. The number of aliphatic hydroxyl groups is 1. The molecule has 1 aromatic carbocycles. The second-order valence-corrected chi connectivity index (χ2v) is 3.66. The Morgan fingerprint density at radius 1 is 1.25 bits per heavy atom. The highest BCUT2D eigenvalue weighted by atomic mass is 16.5. The summed E-state index contributed by atoms with van der Waals surface area (Å²) < 4.78 is 10.9. The molecular weight excluding hydrogens is 204 g/mol. The van der Waals surface area contributed by atoms with Gasteiger partial charge in [0.15, 0.2) is 11.5 Å². The van der Waals surface area contributed by atoms with Crippen LogP contribution in [0, 0.1) is 0 Å². The van der Waals surface area contributed by atoms with Gasteiger partial charge in [-0.1, -0.05) is 31.9 Å². The van der Waals surface area contributed by atoms with Crippen molar-refractivity contribution >= 4 is 0 Å². The monoisotopic (exact) mass is 224 g/mol. The molecule has 0 spiro atoms. The molecule has 1 N–H and O–H groups in total. The van der Waals surface area contributed by atoms with Gasteiger partial charge < -0.3 is 14.6 Å². The van der Waals surface area contributed by atoms with Gasteiger partial charge in [0.1, 0.15) is 0 Å². The van der Waals surface area contributed by atoms with E-state index in [0.717, 1.165) is 12.0 Å². The average Bonchev–Trinajstić information content (AvgIpc) is 2.34. The van der Waals surface area contributed by atoms with E-state index in [1.165, 1.54) is 12.8 Å². The molecule has 0 saturated carbocycles. The maximum atomic E-state index is 9.15. The molecule has 0 unspecified atom stereocenters. The summed E-state index contributed by atoms with van der Waals surface area (Å²) in [5, 5.41) is 9.15. The van der Waals surface area contributed by atoms with Crippen LogP contribution in [0.1, 0.15) is 31.7 Å². The first-order chi connectivity index (χ1) is 7.83. The molecule has 90 valence electrons. The fraction of sp³-hybridized carbons (Fsp3) is 0.538. The lowest BCUT2D eigenvalue weighted by molar-refractivity contribution is 0.260. The lowest BCUT2D eigenvalue weighted by Gasteiger charge is -2.13. The molecule has 3 nitrogen and oxygen atoms in total. The van der Waals surface area contributed by atoms with Crippen LogP contribution in [0.3, 0.4) is 0 Å². The van der Waals surface area contributed by atoms with Crippen molar-refractivity contribution in [1.29, 1.82) is 0 Å². The number of benzene rings is 1. The lowest BCUT2D eigenvalue weighted by atomic mass is 10.2. The van der Waals surface area contributed by atoms with Crippen LogP contribution < -0.4 is 9.47 Å². The average molecular weight is 224 g/mol. The minimum absolute atomic E-state index is 0.0324. The molecule has 0 aliphatic rings. The number of aliphatic hydroxyl groups excluding tert-OH is 1. The first kappa shape index (κ1) is 12.8. The molecule has 0 aliphatic heterocycles. The number of hydrogen-bond acceptors (Lipinski definition) is 3. The van der Waals surface area contributed by atoms with Gasteiger partial charge in [-0.05, 0) is 12.5 Å². The topological polar surface area (TPSA) is 38.7 Å². The minimum Gasteiger partial charge on any atom is -0.492 e. The summed E-state index contributed by atoms with van der Waals surface area (Å²) in [5.41, 5.74) is 0.760. The summed E-state index contributed by atoms with van der Waals surface area (Å²) in [7, 11) is 1.59.